The summed E-state index contributed by atoms with van der Waals surface area (Å²) in [6, 6.07) is 3.84. The minimum atomic E-state index is 0.261. The summed E-state index contributed by atoms with van der Waals surface area (Å²) >= 11 is 0. The van der Waals surface area contributed by atoms with Crippen molar-refractivity contribution in [3.63, 3.8) is 0 Å². The molecule has 1 aromatic rings. The van der Waals surface area contributed by atoms with E-state index < -0.39 is 0 Å². The van der Waals surface area contributed by atoms with Crippen molar-refractivity contribution >= 4 is 11.9 Å². The molecule has 1 fully saturated rings. The van der Waals surface area contributed by atoms with E-state index in [4.69, 9.17) is 0 Å². The summed E-state index contributed by atoms with van der Waals surface area (Å²) in [5.74, 6) is 0.261. The number of ketones is 1. The Labute approximate surface area is 89.4 Å². The summed E-state index contributed by atoms with van der Waals surface area (Å²) < 4.78 is 0. The first-order chi connectivity index (χ1) is 7.25. The predicted octanol–water partition coefficient (Wildman–Crippen LogP) is 1.37. The maximum atomic E-state index is 11.6. The molecule has 1 aliphatic rings. The number of rotatable bonds is 1. The molecule has 1 saturated heterocycles. The van der Waals surface area contributed by atoms with Crippen LogP contribution in [0.3, 0.4) is 0 Å². The maximum absolute atomic E-state index is 11.6. The van der Waals surface area contributed by atoms with E-state index in [9.17, 15) is 4.79 Å². The van der Waals surface area contributed by atoms with E-state index in [1.807, 2.05) is 25.3 Å². The zero-order valence-corrected chi connectivity index (χ0v) is 8.81. The Morgan fingerprint density at radius 3 is 3.13 bits per heavy atom. The average Bonchev–Trinajstić information content (AvgIpc) is 2.25. The van der Waals surface area contributed by atoms with Crippen molar-refractivity contribution in [2.45, 2.75) is 6.42 Å². The Kier molecular flexibility index (Phi) is 2.92. The van der Waals surface area contributed by atoms with E-state index in [0.717, 1.165) is 24.2 Å². The predicted molar refractivity (Wildman–Crippen MR) is 59.3 cm³/mol. The fourth-order valence-electron chi connectivity index (χ4n) is 1.70. The van der Waals surface area contributed by atoms with Crippen LogP contribution in [0.25, 0.3) is 6.08 Å². The fourth-order valence-corrected chi connectivity index (χ4v) is 1.70. The minimum absolute atomic E-state index is 0.261. The second-order valence-electron chi connectivity index (χ2n) is 3.87. The number of likely N-dealkylation sites (tertiary alicyclic amines) is 1. The molecule has 0 N–H and O–H groups in total. The Balaban J connectivity index is 2.22. The van der Waals surface area contributed by atoms with Gasteiger partial charge in [-0.15, -0.1) is 0 Å². The van der Waals surface area contributed by atoms with Gasteiger partial charge in [-0.2, -0.15) is 0 Å². The normalized spacial score (nSPS) is 20.9. The molecule has 0 bridgehead atoms. The highest BCUT2D eigenvalue weighted by atomic mass is 16.1. The summed E-state index contributed by atoms with van der Waals surface area (Å²) in [5.41, 5.74) is 1.88. The summed E-state index contributed by atoms with van der Waals surface area (Å²) in [4.78, 5) is 17.8. The van der Waals surface area contributed by atoms with Gasteiger partial charge in [-0.3, -0.25) is 9.78 Å². The molecule has 0 spiro atoms. The molecule has 15 heavy (non-hydrogen) atoms. The van der Waals surface area contributed by atoms with Gasteiger partial charge in [0.05, 0.1) is 0 Å². The Morgan fingerprint density at radius 1 is 1.53 bits per heavy atom. The molecule has 2 rings (SSSR count). The smallest absolute Gasteiger partial charge is 0.161 e. The molecule has 0 radical (unpaired) electrons. The van der Waals surface area contributed by atoms with Crippen molar-refractivity contribution in [1.29, 1.82) is 0 Å². The highest BCUT2D eigenvalue weighted by molar-refractivity contribution is 6.00. The molecule has 78 valence electrons. The number of hydrogen-bond acceptors (Lipinski definition) is 3. The van der Waals surface area contributed by atoms with E-state index in [1.54, 1.807) is 12.4 Å². The topological polar surface area (TPSA) is 33.2 Å². The van der Waals surface area contributed by atoms with Gasteiger partial charge in [0.1, 0.15) is 0 Å². The molecule has 0 atom stereocenters. The Morgan fingerprint density at radius 2 is 2.40 bits per heavy atom. The van der Waals surface area contributed by atoms with Crippen molar-refractivity contribution in [3.8, 4) is 0 Å². The van der Waals surface area contributed by atoms with Crippen molar-refractivity contribution in [2.24, 2.45) is 0 Å². The molecule has 0 unspecified atom stereocenters. The fraction of sp³-hybridized carbons (Fsp3) is 0.333. The molecular formula is C12H14N2O. The summed E-state index contributed by atoms with van der Waals surface area (Å²) in [7, 11) is 2.03. The first-order valence-electron chi connectivity index (χ1n) is 5.08. The SMILES string of the molecule is CN1CCC(=O)/C(=C/c2cccnc2)C1. The molecule has 0 saturated carbocycles. The molecule has 1 aromatic heterocycles. The average molecular weight is 202 g/mol. The maximum Gasteiger partial charge on any atom is 0.161 e. The van der Waals surface area contributed by atoms with Crippen LogP contribution in [0.4, 0.5) is 0 Å². The Hall–Kier alpha value is -1.48. The number of carbonyl (C=O) groups is 1. The van der Waals surface area contributed by atoms with Crippen molar-refractivity contribution in [1.82, 2.24) is 9.88 Å². The zero-order valence-electron chi connectivity index (χ0n) is 8.81. The van der Waals surface area contributed by atoms with E-state index in [2.05, 4.69) is 9.88 Å². The van der Waals surface area contributed by atoms with Crippen LogP contribution in [0.1, 0.15) is 12.0 Å². The number of piperidine rings is 1. The minimum Gasteiger partial charge on any atom is -0.302 e. The van der Waals surface area contributed by atoms with Gasteiger partial charge in [-0.25, -0.2) is 0 Å². The number of nitrogens with zero attached hydrogens (tertiary/aromatic N) is 2. The van der Waals surface area contributed by atoms with Crippen LogP contribution in [0, 0.1) is 0 Å². The highest BCUT2D eigenvalue weighted by Gasteiger charge is 2.18. The van der Waals surface area contributed by atoms with E-state index in [-0.39, 0.29) is 5.78 Å². The number of carbonyl (C=O) groups excluding carboxylic acids is 1. The zero-order chi connectivity index (χ0) is 10.7. The van der Waals surface area contributed by atoms with Crippen LogP contribution in [0.15, 0.2) is 30.1 Å². The van der Waals surface area contributed by atoms with Crippen LogP contribution in [-0.2, 0) is 4.79 Å². The second-order valence-corrected chi connectivity index (χ2v) is 3.87. The summed E-state index contributed by atoms with van der Waals surface area (Å²) in [5, 5.41) is 0. The number of Topliss-reactive ketones (excluding diaryl/α,β-unsaturated/α-hetero) is 1. The number of hydrogen-bond donors (Lipinski definition) is 0. The number of likely N-dealkylation sites (N-methyl/N-ethyl adjacent to an activating group) is 1. The standard InChI is InChI=1S/C12H14N2O/c1-14-6-4-12(15)11(9-14)7-10-3-2-5-13-8-10/h2-3,5,7-8H,4,6,9H2,1H3/b11-7+. The highest BCUT2D eigenvalue weighted by Crippen LogP contribution is 2.13. The third-order valence-corrected chi connectivity index (χ3v) is 2.54. The van der Waals surface area contributed by atoms with Gasteiger partial charge in [0.15, 0.2) is 5.78 Å². The van der Waals surface area contributed by atoms with Crippen LogP contribution in [0.2, 0.25) is 0 Å². The van der Waals surface area contributed by atoms with Crippen molar-refractivity contribution < 1.29 is 4.79 Å². The van der Waals surface area contributed by atoms with E-state index in [1.165, 1.54) is 0 Å². The number of pyridine rings is 1. The number of aromatic nitrogens is 1. The van der Waals surface area contributed by atoms with Crippen molar-refractivity contribution in [2.75, 3.05) is 20.1 Å². The lowest BCUT2D eigenvalue weighted by Gasteiger charge is -2.23. The third kappa shape index (κ3) is 2.50. The van der Waals surface area contributed by atoms with Crippen LogP contribution in [0.5, 0.6) is 0 Å². The van der Waals surface area contributed by atoms with E-state index in [0.29, 0.717) is 6.42 Å². The lowest BCUT2D eigenvalue weighted by Crippen LogP contribution is -2.32. The van der Waals surface area contributed by atoms with Crippen LogP contribution < -0.4 is 0 Å². The summed E-state index contributed by atoms with van der Waals surface area (Å²) in [6.45, 7) is 1.61. The monoisotopic (exact) mass is 202 g/mol. The van der Waals surface area contributed by atoms with Gasteiger partial charge in [-0.05, 0) is 24.8 Å². The molecule has 2 heterocycles. The summed E-state index contributed by atoms with van der Waals surface area (Å²) in [6.07, 6.45) is 6.07. The van der Waals surface area contributed by atoms with Gasteiger partial charge < -0.3 is 4.90 Å². The first-order valence-corrected chi connectivity index (χ1v) is 5.08. The first kappa shape index (κ1) is 10.1. The van der Waals surface area contributed by atoms with Crippen LogP contribution >= 0.6 is 0 Å². The molecule has 0 aromatic carbocycles. The molecule has 3 nitrogen and oxygen atoms in total. The quantitative estimate of drug-likeness (QED) is 0.645. The molecule has 0 aliphatic carbocycles. The molecule has 3 heteroatoms. The van der Waals surface area contributed by atoms with E-state index >= 15 is 0 Å². The van der Waals surface area contributed by atoms with Gasteiger partial charge in [0.25, 0.3) is 0 Å². The second kappa shape index (κ2) is 4.36. The molecule has 1 aliphatic heterocycles. The van der Waals surface area contributed by atoms with Gasteiger partial charge in [0.2, 0.25) is 0 Å². The lowest BCUT2D eigenvalue weighted by molar-refractivity contribution is -0.117. The van der Waals surface area contributed by atoms with Gasteiger partial charge in [-0.1, -0.05) is 6.07 Å². The Bertz CT molecular complexity index is 384. The lowest BCUT2D eigenvalue weighted by atomic mass is 10.0. The molecular weight excluding hydrogens is 188 g/mol. The third-order valence-electron chi connectivity index (χ3n) is 2.54. The van der Waals surface area contributed by atoms with Gasteiger partial charge in [0, 0.05) is 37.5 Å². The molecule has 0 amide bonds. The van der Waals surface area contributed by atoms with Gasteiger partial charge >= 0.3 is 0 Å². The largest absolute Gasteiger partial charge is 0.302 e. The van der Waals surface area contributed by atoms with Crippen LogP contribution in [-0.4, -0.2) is 35.8 Å². The van der Waals surface area contributed by atoms with Crippen molar-refractivity contribution in [3.05, 3.63) is 35.7 Å².